The van der Waals surface area contributed by atoms with Crippen molar-refractivity contribution < 1.29 is 22.9 Å². The van der Waals surface area contributed by atoms with E-state index in [0.29, 0.717) is 22.3 Å². The molecule has 0 radical (unpaired) electrons. The second-order valence-electron chi connectivity index (χ2n) is 7.69. The second kappa shape index (κ2) is 11.8. The van der Waals surface area contributed by atoms with Crippen LogP contribution in [0.25, 0.3) is 11.3 Å². The van der Waals surface area contributed by atoms with Crippen LogP contribution in [0.5, 0.6) is 0 Å². The van der Waals surface area contributed by atoms with Gasteiger partial charge in [-0.15, -0.1) is 0 Å². The Bertz CT molecular complexity index is 1590. The number of amides is 1. The third kappa shape index (κ3) is 7.11. The van der Waals surface area contributed by atoms with Crippen LogP contribution < -0.4 is 5.43 Å². The minimum absolute atomic E-state index is 0.00691. The molecule has 3 aromatic carbocycles. The van der Waals surface area contributed by atoms with E-state index >= 15 is 0 Å². The fraction of sp³-hybridized carbons (Fsp3) is 0.0400. The van der Waals surface area contributed by atoms with Crippen molar-refractivity contribution in [1.82, 2.24) is 15.4 Å². The van der Waals surface area contributed by atoms with Crippen molar-refractivity contribution in [2.24, 2.45) is 5.10 Å². The zero-order valence-corrected chi connectivity index (χ0v) is 21.6. The highest BCUT2D eigenvalue weighted by atomic mass is 35.5. The Balaban J connectivity index is 1.59. The number of benzene rings is 3. The summed E-state index contributed by atoms with van der Waals surface area (Å²) in [5.41, 5.74) is 1.46. The van der Waals surface area contributed by atoms with E-state index in [-0.39, 0.29) is 31.9 Å². The van der Waals surface area contributed by atoms with Crippen LogP contribution in [0.4, 0.5) is 18.9 Å². The van der Waals surface area contributed by atoms with Gasteiger partial charge in [-0.3, -0.25) is 14.9 Å². The summed E-state index contributed by atoms with van der Waals surface area (Å²) in [6.45, 7) is 0. The number of nitro benzene ring substituents is 1. The number of nitro groups is 1. The predicted octanol–water partition coefficient (Wildman–Crippen LogP) is 7.29. The lowest BCUT2D eigenvalue weighted by Gasteiger charge is -2.11. The first-order valence-corrected chi connectivity index (χ1v) is 12.3. The maximum absolute atomic E-state index is 13.5. The van der Waals surface area contributed by atoms with Gasteiger partial charge >= 0.3 is 6.18 Å². The van der Waals surface area contributed by atoms with Gasteiger partial charge in [0.2, 0.25) is 0 Å². The normalized spacial score (nSPS) is 11.5. The van der Waals surface area contributed by atoms with Gasteiger partial charge in [0, 0.05) is 22.2 Å². The van der Waals surface area contributed by atoms with E-state index in [2.05, 4.69) is 20.5 Å². The first-order valence-electron chi connectivity index (χ1n) is 10.8. The third-order valence-corrected chi connectivity index (χ3v) is 6.48. The summed E-state index contributed by atoms with van der Waals surface area (Å²) in [4.78, 5) is 31.1. The SMILES string of the molecule is O=C(N/N=C/c1ccc(Sc2nc(-c3ccccc3)cc(C(F)(F)F)n2)c([N+](=O)[O-])c1)c1ccc(Cl)cc1Cl. The lowest BCUT2D eigenvalue weighted by Crippen LogP contribution is -2.18. The largest absolute Gasteiger partial charge is 0.433 e. The molecule has 0 aliphatic heterocycles. The fourth-order valence-electron chi connectivity index (χ4n) is 3.21. The number of alkyl halides is 3. The van der Waals surface area contributed by atoms with Gasteiger partial charge in [0.1, 0.15) is 5.69 Å². The van der Waals surface area contributed by atoms with Gasteiger partial charge in [-0.05, 0) is 42.1 Å². The van der Waals surface area contributed by atoms with E-state index in [1.165, 1.54) is 30.3 Å². The topological polar surface area (TPSA) is 110 Å². The van der Waals surface area contributed by atoms with E-state index in [0.717, 1.165) is 18.3 Å². The highest BCUT2D eigenvalue weighted by Crippen LogP contribution is 2.37. The molecule has 0 bridgehead atoms. The lowest BCUT2D eigenvalue weighted by molar-refractivity contribution is -0.387. The van der Waals surface area contributed by atoms with Crippen molar-refractivity contribution in [3.8, 4) is 11.3 Å². The van der Waals surface area contributed by atoms with Crippen LogP contribution in [0.1, 0.15) is 21.6 Å². The molecule has 14 heteroatoms. The van der Waals surface area contributed by atoms with Gasteiger partial charge in [-0.25, -0.2) is 15.4 Å². The second-order valence-corrected chi connectivity index (χ2v) is 9.55. The molecule has 0 fully saturated rings. The number of nitrogens with zero attached hydrogens (tertiary/aromatic N) is 4. The van der Waals surface area contributed by atoms with Crippen LogP contribution in [0.3, 0.4) is 0 Å². The molecule has 0 unspecified atom stereocenters. The smallest absolute Gasteiger partial charge is 0.267 e. The monoisotopic (exact) mass is 591 g/mol. The van der Waals surface area contributed by atoms with Crippen molar-refractivity contribution in [3.05, 3.63) is 110 Å². The minimum Gasteiger partial charge on any atom is -0.267 e. The maximum Gasteiger partial charge on any atom is 0.433 e. The van der Waals surface area contributed by atoms with Crippen molar-refractivity contribution in [3.63, 3.8) is 0 Å². The zero-order chi connectivity index (χ0) is 28.2. The molecule has 1 N–H and O–H groups in total. The summed E-state index contributed by atoms with van der Waals surface area (Å²) in [6, 6.07) is 17.2. The fourth-order valence-corrected chi connectivity index (χ4v) is 4.57. The van der Waals surface area contributed by atoms with Gasteiger partial charge in [0.25, 0.3) is 11.6 Å². The summed E-state index contributed by atoms with van der Waals surface area (Å²) in [6.07, 6.45) is -3.59. The van der Waals surface area contributed by atoms with Crippen molar-refractivity contribution >= 4 is 52.8 Å². The van der Waals surface area contributed by atoms with Crippen LogP contribution in [0.15, 0.2) is 87.9 Å². The summed E-state index contributed by atoms with van der Waals surface area (Å²) in [5.74, 6) is -0.634. The number of halogens is 5. The average Bonchev–Trinajstić information content (AvgIpc) is 2.89. The molecule has 39 heavy (non-hydrogen) atoms. The molecule has 1 amide bonds. The number of hydrogen-bond donors (Lipinski definition) is 1. The van der Waals surface area contributed by atoms with Gasteiger partial charge < -0.3 is 0 Å². The first-order chi connectivity index (χ1) is 18.5. The Kier molecular flexibility index (Phi) is 8.48. The Labute approximate surface area is 233 Å². The molecule has 0 saturated carbocycles. The summed E-state index contributed by atoms with van der Waals surface area (Å²) >= 11 is 12.4. The van der Waals surface area contributed by atoms with E-state index in [4.69, 9.17) is 23.2 Å². The molecule has 1 heterocycles. The minimum atomic E-state index is -4.76. The molecular weight excluding hydrogens is 578 g/mol. The van der Waals surface area contributed by atoms with Crippen LogP contribution in [0, 0.1) is 10.1 Å². The van der Waals surface area contributed by atoms with Crippen LogP contribution in [0.2, 0.25) is 10.0 Å². The van der Waals surface area contributed by atoms with Gasteiger partial charge in [0.05, 0.1) is 32.3 Å². The molecule has 0 aliphatic rings. The number of aromatic nitrogens is 2. The number of hydrogen-bond acceptors (Lipinski definition) is 7. The first kappa shape index (κ1) is 28.0. The molecule has 198 valence electrons. The molecule has 8 nitrogen and oxygen atoms in total. The molecule has 0 atom stereocenters. The molecule has 0 aliphatic carbocycles. The van der Waals surface area contributed by atoms with Gasteiger partial charge in [0.15, 0.2) is 5.16 Å². The number of nitrogens with one attached hydrogen (secondary N) is 1. The Morgan fingerprint density at radius 3 is 2.44 bits per heavy atom. The highest BCUT2D eigenvalue weighted by Gasteiger charge is 2.34. The van der Waals surface area contributed by atoms with Gasteiger partial charge in [-0.1, -0.05) is 59.6 Å². The molecule has 1 aromatic heterocycles. The molecule has 4 aromatic rings. The van der Waals surface area contributed by atoms with Crippen LogP contribution in [-0.4, -0.2) is 27.0 Å². The van der Waals surface area contributed by atoms with Crippen LogP contribution in [-0.2, 0) is 6.18 Å². The molecule has 0 saturated heterocycles. The van der Waals surface area contributed by atoms with Crippen molar-refractivity contribution in [1.29, 1.82) is 0 Å². The van der Waals surface area contributed by atoms with Crippen molar-refractivity contribution in [2.75, 3.05) is 0 Å². The zero-order valence-electron chi connectivity index (χ0n) is 19.3. The number of hydrazone groups is 1. The Morgan fingerprint density at radius 1 is 1.03 bits per heavy atom. The van der Waals surface area contributed by atoms with Crippen LogP contribution >= 0.6 is 35.0 Å². The van der Waals surface area contributed by atoms with E-state index < -0.39 is 28.4 Å². The summed E-state index contributed by atoms with van der Waals surface area (Å²) in [7, 11) is 0. The predicted molar refractivity (Wildman–Crippen MR) is 141 cm³/mol. The maximum atomic E-state index is 13.5. The highest BCUT2D eigenvalue weighted by molar-refractivity contribution is 7.99. The third-order valence-electron chi connectivity index (χ3n) is 5.00. The van der Waals surface area contributed by atoms with E-state index in [9.17, 15) is 28.1 Å². The summed E-state index contributed by atoms with van der Waals surface area (Å²) < 4.78 is 40.6. The molecule has 4 rings (SSSR count). The molecular formula is C25H14Cl2F3N5O3S. The quantitative estimate of drug-likeness (QED) is 0.104. The van der Waals surface area contributed by atoms with Crippen molar-refractivity contribution in [2.45, 2.75) is 16.2 Å². The van der Waals surface area contributed by atoms with Gasteiger partial charge in [-0.2, -0.15) is 18.3 Å². The van der Waals surface area contributed by atoms with E-state index in [1.54, 1.807) is 30.3 Å². The van der Waals surface area contributed by atoms with E-state index in [1.807, 2.05) is 0 Å². The average molecular weight is 592 g/mol. The Morgan fingerprint density at radius 2 is 1.77 bits per heavy atom. The summed E-state index contributed by atoms with van der Waals surface area (Å²) in [5, 5.41) is 15.7. The number of carbonyl (C=O) groups excluding carboxylic acids is 1. The number of carbonyl (C=O) groups is 1. The number of rotatable bonds is 7. The Hall–Kier alpha value is -4.00. The standard InChI is InChI=1S/C25H14Cl2F3N5O3S/c26-16-7-8-17(18(27)11-16)23(36)34-31-13-14-6-9-21(20(10-14)35(37)38)39-24-32-19(15-4-2-1-3-5-15)12-22(33-24)25(28,29)30/h1-13H,(H,34,36)/b31-13+. The lowest BCUT2D eigenvalue weighted by atomic mass is 10.1. The molecule has 0 spiro atoms.